The highest BCUT2D eigenvalue weighted by Gasteiger charge is 2.34. The topological polar surface area (TPSA) is 79.0 Å². The number of aryl methyl sites for hydroxylation is 1. The van der Waals surface area contributed by atoms with Gasteiger partial charge in [0.2, 0.25) is 11.8 Å². The highest BCUT2D eigenvalue weighted by atomic mass is 32.1. The number of piperidine rings is 1. The molecule has 1 unspecified atom stereocenters. The molecule has 7 nitrogen and oxygen atoms in total. The third kappa shape index (κ3) is 4.86. The summed E-state index contributed by atoms with van der Waals surface area (Å²) >= 11 is 1.53. The second-order valence-electron chi connectivity index (χ2n) is 9.14. The van der Waals surface area contributed by atoms with Crippen LogP contribution >= 0.6 is 11.3 Å². The summed E-state index contributed by atoms with van der Waals surface area (Å²) in [5.41, 5.74) is 1.62. The highest BCUT2D eigenvalue weighted by Crippen LogP contribution is 2.39. The van der Waals surface area contributed by atoms with Crippen LogP contribution in [0.5, 0.6) is 0 Å². The molecule has 1 aliphatic carbocycles. The first-order valence-corrected chi connectivity index (χ1v) is 13.0. The fourth-order valence-corrected chi connectivity index (χ4v) is 6.47. The summed E-state index contributed by atoms with van der Waals surface area (Å²) in [6, 6.07) is -0.313. The summed E-state index contributed by atoms with van der Waals surface area (Å²) in [4.78, 5) is 43.8. The predicted molar refractivity (Wildman–Crippen MR) is 125 cm³/mol. The van der Waals surface area contributed by atoms with Crippen LogP contribution in [0.1, 0.15) is 73.2 Å². The Morgan fingerprint density at radius 1 is 1.06 bits per heavy atom. The van der Waals surface area contributed by atoms with Crippen molar-refractivity contribution >= 4 is 34.1 Å². The molecule has 3 aliphatic rings. The van der Waals surface area contributed by atoms with Crippen molar-refractivity contribution in [3.8, 4) is 0 Å². The van der Waals surface area contributed by atoms with E-state index in [0.717, 1.165) is 83.1 Å². The molecule has 0 aromatic carbocycles. The fraction of sp³-hybridized carbons (Fsp3) is 0.708. The lowest BCUT2D eigenvalue weighted by Crippen LogP contribution is -2.48. The second kappa shape index (κ2) is 10.3. The van der Waals surface area contributed by atoms with E-state index in [1.54, 1.807) is 6.92 Å². The molecule has 0 spiro atoms. The highest BCUT2D eigenvalue weighted by molar-refractivity contribution is 7.17. The van der Waals surface area contributed by atoms with E-state index in [9.17, 15) is 14.4 Å². The van der Waals surface area contributed by atoms with Gasteiger partial charge in [-0.1, -0.05) is 0 Å². The van der Waals surface area contributed by atoms with Gasteiger partial charge < -0.3 is 15.0 Å². The van der Waals surface area contributed by atoms with Crippen LogP contribution in [-0.4, -0.2) is 66.4 Å². The molecule has 2 fully saturated rings. The van der Waals surface area contributed by atoms with E-state index >= 15 is 0 Å². The molecule has 1 aromatic rings. The van der Waals surface area contributed by atoms with Crippen molar-refractivity contribution in [3.05, 3.63) is 16.0 Å². The predicted octanol–water partition coefficient (Wildman–Crippen LogP) is 3.47. The maximum atomic E-state index is 13.1. The number of anilines is 1. The number of thiophene rings is 1. The molecule has 2 saturated heterocycles. The van der Waals surface area contributed by atoms with Crippen LogP contribution in [0.25, 0.3) is 0 Å². The zero-order valence-electron chi connectivity index (χ0n) is 19.3. The molecule has 2 aliphatic heterocycles. The Labute approximate surface area is 194 Å². The van der Waals surface area contributed by atoms with Gasteiger partial charge in [0.1, 0.15) is 5.00 Å². The average molecular weight is 462 g/mol. The lowest BCUT2D eigenvalue weighted by atomic mass is 9.94. The molecule has 1 aromatic heterocycles. The number of hydrogen-bond donors (Lipinski definition) is 1. The van der Waals surface area contributed by atoms with Crippen molar-refractivity contribution in [2.75, 3.05) is 38.1 Å². The molecule has 8 heteroatoms. The van der Waals surface area contributed by atoms with E-state index in [4.69, 9.17) is 4.74 Å². The number of nitrogens with one attached hydrogen (secondary N) is 1. The number of ether oxygens (including phenoxy) is 1. The number of carbonyl (C=O) groups is 3. The Hall–Kier alpha value is -1.93. The van der Waals surface area contributed by atoms with Gasteiger partial charge in [-0.25, -0.2) is 4.79 Å². The van der Waals surface area contributed by atoms with E-state index in [2.05, 4.69) is 10.2 Å². The number of fused-ring (bicyclic) bond motifs is 1. The van der Waals surface area contributed by atoms with Crippen LogP contribution in [0.4, 0.5) is 5.00 Å². The van der Waals surface area contributed by atoms with Crippen molar-refractivity contribution < 1.29 is 19.1 Å². The summed E-state index contributed by atoms with van der Waals surface area (Å²) in [6.07, 6.45) is 7.82. The van der Waals surface area contributed by atoms with Gasteiger partial charge in [0.15, 0.2) is 0 Å². The second-order valence-corrected chi connectivity index (χ2v) is 10.2. The monoisotopic (exact) mass is 461 g/mol. The Bertz CT molecular complexity index is 854. The van der Waals surface area contributed by atoms with Crippen molar-refractivity contribution in [2.24, 2.45) is 5.92 Å². The molecule has 4 rings (SSSR count). The molecule has 0 radical (unpaired) electrons. The molecule has 1 atom stereocenters. The molecule has 3 heterocycles. The minimum Gasteiger partial charge on any atom is -0.462 e. The van der Waals surface area contributed by atoms with Crippen LogP contribution in [0.15, 0.2) is 0 Å². The number of amides is 2. The Balaban J connectivity index is 1.38. The van der Waals surface area contributed by atoms with Gasteiger partial charge in [-0.3, -0.25) is 14.5 Å². The lowest BCUT2D eigenvalue weighted by molar-refractivity contribution is -0.136. The first-order chi connectivity index (χ1) is 15.5. The first-order valence-electron chi connectivity index (χ1n) is 12.1. The SMILES string of the molecule is CCOC(=O)c1c(NC(=O)C(C)N2CCC(C(=O)N3CCCC3)CC2)sc2c1CCCC2. The molecular formula is C24H35N3O4S. The molecule has 1 N–H and O–H groups in total. The van der Waals surface area contributed by atoms with Gasteiger partial charge in [0.05, 0.1) is 18.2 Å². The van der Waals surface area contributed by atoms with Crippen LogP contribution in [0.2, 0.25) is 0 Å². The lowest BCUT2D eigenvalue weighted by Gasteiger charge is -2.35. The molecule has 2 amide bonds. The zero-order valence-corrected chi connectivity index (χ0v) is 20.1. The number of carbonyl (C=O) groups excluding carboxylic acids is 3. The third-order valence-corrected chi connectivity index (χ3v) is 8.32. The molecule has 32 heavy (non-hydrogen) atoms. The minimum absolute atomic E-state index is 0.0825. The quantitative estimate of drug-likeness (QED) is 0.657. The van der Waals surface area contributed by atoms with Gasteiger partial charge in [0.25, 0.3) is 0 Å². The zero-order chi connectivity index (χ0) is 22.7. The Morgan fingerprint density at radius 3 is 2.44 bits per heavy atom. The van der Waals surface area contributed by atoms with E-state index in [0.29, 0.717) is 23.1 Å². The smallest absolute Gasteiger partial charge is 0.341 e. The Morgan fingerprint density at radius 2 is 1.75 bits per heavy atom. The summed E-state index contributed by atoms with van der Waals surface area (Å²) in [7, 11) is 0. The van der Waals surface area contributed by atoms with Crippen molar-refractivity contribution in [1.82, 2.24) is 9.80 Å². The van der Waals surface area contributed by atoms with E-state index in [1.165, 1.54) is 16.2 Å². The van der Waals surface area contributed by atoms with Crippen molar-refractivity contribution in [3.63, 3.8) is 0 Å². The largest absolute Gasteiger partial charge is 0.462 e. The molecule has 0 bridgehead atoms. The fourth-order valence-electron chi connectivity index (χ4n) is 5.18. The summed E-state index contributed by atoms with van der Waals surface area (Å²) in [5, 5.41) is 3.68. The number of esters is 1. The average Bonchev–Trinajstić information content (AvgIpc) is 3.46. The summed E-state index contributed by atoms with van der Waals surface area (Å²) in [5.74, 6) is -0.0592. The molecule has 0 saturated carbocycles. The first kappa shape index (κ1) is 23.2. The maximum absolute atomic E-state index is 13.1. The molecule has 176 valence electrons. The standard InChI is InChI=1S/C24H35N3O4S/c1-3-31-24(30)20-18-8-4-5-9-19(18)32-22(20)25-21(28)16(2)26-14-10-17(11-15-26)23(29)27-12-6-7-13-27/h16-17H,3-15H2,1-2H3,(H,25,28). The van der Waals surface area contributed by atoms with Gasteiger partial charge in [-0.15, -0.1) is 11.3 Å². The van der Waals surface area contributed by atoms with E-state index in [1.807, 2.05) is 11.8 Å². The van der Waals surface area contributed by atoms with Crippen LogP contribution in [0.3, 0.4) is 0 Å². The van der Waals surface area contributed by atoms with Crippen molar-refractivity contribution in [2.45, 2.75) is 71.3 Å². The molecular weight excluding hydrogens is 426 g/mol. The van der Waals surface area contributed by atoms with Crippen LogP contribution in [0, 0.1) is 5.92 Å². The van der Waals surface area contributed by atoms with E-state index in [-0.39, 0.29) is 23.8 Å². The van der Waals surface area contributed by atoms with Gasteiger partial charge in [-0.05, 0) is 83.9 Å². The maximum Gasteiger partial charge on any atom is 0.341 e. The summed E-state index contributed by atoms with van der Waals surface area (Å²) < 4.78 is 5.30. The van der Waals surface area contributed by atoms with Crippen molar-refractivity contribution in [1.29, 1.82) is 0 Å². The number of rotatable bonds is 6. The van der Waals surface area contributed by atoms with Gasteiger partial charge in [-0.2, -0.15) is 0 Å². The van der Waals surface area contributed by atoms with Gasteiger partial charge >= 0.3 is 5.97 Å². The Kier molecular flexibility index (Phi) is 7.51. The van der Waals surface area contributed by atoms with E-state index < -0.39 is 0 Å². The number of nitrogens with zero attached hydrogens (tertiary/aromatic N) is 2. The van der Waals surface area contributed by atoms with Gasteiger partial charge in [0, 0.05) is 23.9 Å². The number of hydrogen-bond acceptors (Lipinski definition) is 6. The van der Waals surface area contributed by atoms with Crippen LogP contribution < -0.4 is 5.32 Å². The normalized spacial score (nSPS) is 20.6. The van der Waals surface area contributed by atoms with Crippen LogP contribution in [-0.2, 0) is 27.2 Å². The summed E-state index contributed by atoms with van der Waals surface area (Å²) in [6.45, 7) is 7.30. The minimum atomic E-state index is -0.337. The number of likely N-dealkylation sites (tertiary alicyclic amines) is 2. The third-order valence-electron chi connectivity index (χ3n) is 7.11.